The van der Waals surface area contributed by atoms with Gasteiger partial charge in [-0.15, -0.1) is 0 Å². The van der Waals surface area contributed by atoms with E-state index in [9.17, 15) is 10.2 Å². The summed E-state index contributed by atoms with van der Waals surface area (Å²) in [5.41, 5.74) is 0.845. The fraction of sp³-hybridized carbons (Fsp3) is 0.643. The van der Waals surface area contributed by atoms with E-state index in [1.165, 1.54) is 6.42 Å². The maximum absolute atomic E-state index is 9.84. The maximum atomic E-state index is 9.84. The molecule has 1 fully saturated rings. The molecule has 2 atom stereocenters. The molecule has 100 valence electrons. The third-order valence-electron chi connectivity index (χ3n) is 3.63. The number of hydrogen-bond donors (Lipinski definition) is 2. The van der Waals surface area contributed by atoms with Crippen LogP contribution in [0.15, 0.2) is 18.3 Å². The summed E-state index contributed by atoms with van der Waals surface area (Å²) in [6.45, 7) is 2.81. The monoisotopic (exact) mass is 250 g/mol. The number of pyridine rings is 1. The highest BCUT2D eigenvalue weighted by Crippen LogP contribution is 2.28. The minimum atomic E-state index is -0.531. The van der Waals surface area contributed by atoms with Gasteiger partial charge in [-0.3, -0.25) is 0 Å². The van der Waals surface area contributed by atoms with E-state index >= 15 is 0 Å². The lowest BCUT2D eigenvalue weighted by Crippen LogP contribution is -2.38. The van der Waals surface area contributed by atoms with Crippen LogP contribution in [0.5, 0.6) is 0 Å². The minimum Gasteiger partial charge on any atom is -0.394 e. The summed E-state index contributed by atoms with van der Waals surface area (Å²) < 4.78 is 0. The van der Waals surface area contributed by atoms with Gasteiger partial charge in [-0.05, 0) is 25.8 Å². The summed E-state index contributed by atoms with van der Waals surface area (Å²) in [4.78, 5) is 6.58. The second-order valence-electron chi connectivity index (χ2n) is 4.97. The summed E-state index contributed by atoms with van der Waals surface area (Å²) >= 11 is 0. The zero-order valence-electron chi connectivity index (χ0n) is 10.9. The highest BCUT2D eigenvalue weighted by Gasteiger charge is 2.24. The smallest absolute Gasteiger partial charge is 0.134 e. The highest BCUT2D eigenvalue weighted by atomic mass is 16.3. The van der Waals surface area contributed by atoms with Crippen molar-refractivity contribution >= 4 is 5.82 Å². The minimum absolute atomic E-state index is 0.125. The Morgan fingerprint density at radius 2 is 2.28 bits per heavy atom. The summed E-state index contributed by atoms with van der Waals surface area (Å²) in [5, 5.41) is 19.4. The van der Waals surface area contributed by atoms with E-state index in [2.05, 4.69) is 9.88 Å². The van der Waals surface area contributed by atoms with Gasteiger partial charge in [0.2, 0.25) is 0 Å². The molecule has 0 saturated carbocycles. The van der Waals surface area contributed by atoms with E-state index in [1.807, 2.05) is 12.1 Å². The van der Waals surface area contributed by atoms with Gasteiger partial charge in [0.05, 0.1) is 18.8 Å². The SMILES string of the molecule is C[C@@H](O)c1cccnc1N1CCCCCC1CO. The zero-order valence-corrected chi connectivity index (χ0v) is 10.9. The molecule has 0 spiro atoms. The molecular formula is C14H22N2O2. The van der Waals surface area contributed by atoms with Gasteiger partial charge in [0, 0.05) is 18.3 Å². The molecule has 0 radical (unpaired) electrons. The second-order valence-corrected chi connectivity index (χ2v) is 4.97. The van der Waals surface area contributed by atoms with Crippen LogP contribution in [0.2, 0.25) is 0 Å². The molecule has 1 saturated heterocycles. The van der Waals surface area contributed by atoms with Crippen molar-refractivity contribution in [1.29, 1.82) is 0 Å². The van der Waals surface area contributed by atoms with E-state index < -0.39 is 6.10 Å². The first kappa shape index (κ1) is 13.3. The van der Waals surface area contributed by atoms with E-state index in [0.29, 0.717) is 0 Å². The Hall–Kier alpha value is -1.13. The lowest BCUT2D eigenvalue weighted by atomic mass is 10.1. The number of aliphatic hydroxyl groups excluding tert-OH is 2. The molecule has 2 N–H and O–H groups in total. The van der Waals surface area contributed by atoms with Gasteiger partial charge in [0.15, 0.2) is 0 Å². The summed E-state index contributed by atoms with van der Waals surface area (Å²) in [6, 6.07) is 3.88. The van der Waals surface area contributed by atoms with Crippen molar-refractivity contribution in [2.75, 3.05) is 18.1 Å². The number of aromatic nitrogens is 1. The highest BCUT2D eigenvalue weighted by molar-refractivity contribution is 5.49. The van der Waals surface area contributed by atoms with Gasteiger partial charge >= 0.3 is 0 Å². The largest absolute Gasteiger partial charge is 0.394 e. The molecule has 1 aliphatic rings. The number of rotatable bonds is 3. The number of aliphatic hydroxyl groups is 2. The molecule has 1 aromatic rings. The number of hydrogen-bond acceptors (Lipinski definition) is 4. The van der Waals surface area contributed by atoms with Crippen molar-refractivity contribution in [3.63, 3.8) is 0 Å². The standard InChI is InChI=1S/C14H22N2O2/c1-11(18)13-7-5-8-15-14(13)16-9-4-2-3-6-12(16)10-17/h5,7-8,11-12,17-18H,2-4,6,9-10H2,1H3/t11-,12?/m1/s1. The first-order valence-corrected chi connectivity index (χ1v) is 6.74. The lowest BCUT2D eigenvalue weighted by molar-refractivity contribution is 0.198. The van der Waals surface area contributed by atoms with Gasteiger partial charge < -0.3 is 15.1 Å². The van der Waals surface area contributed by atoms with E-state index in [-0.39, 0.29) is 12.6 Å². The molecule has 1 aliphatic heterocycles. The van der Waals surface area contributed by atoms with Gasteiger partial charge in [0.25, 0.3) is 0 Å². The van der Waals surface area contributed by atoms with Crippen molar-refractivity contribution in [3.8, 4) is 0 Å². The van der Waals surface area contributed by atoms with Gasteiger partial charge in [-0.25, -0.2) is 4.98 Å². The lowest BCUT2D eigenvalue weighted by Gasteiger charge is -2.31. The van der Waals surface area contributed by atoms with Crippen molar-refractivity contribution in [3.05, 3.63) is 23.9 Å². The molecular weight excluding hydrogens is 228 g/mol. The van der Waals surface area contributed by atoms with Gasteiger partial charge in [-0.2, -0.15) is 0 Å². The Kier molecular flexibility index (Phi) is 4.55. The Morgan fingerprint density at radius 1 is 1.44 bits per heavy atom. The summed E-state index contributed by atoms with van der Waals surface area (Å²) in [7, 11) is 0. The van der Waals surface area contributed by atoms with Crippen LogP contribution in [-0.4, -0.2) is 34.4 Å². The molecule has 0 bridgehead atoms. The molecule has 0 amide bonds. The average Bonchev–Trinajstić information content (AvgIpc) is 2.63. The van der Waals surface area contributed by atoms with Crippen LogP contribution in [0.3, 0.4) is 0 Å². The summed E-state index contributed by atoms with van der Waals surface area (Å²) in [5.74, 6) is 0.827. The maximum Gasteiger partial charge on any atom is 0.134 e. The number of anilines is 1. The quantitative estimate of drug-likeness (QED) is 0.860. The predicted molar refractivity (Wildman–Crippen MR) is 71.6 cm³/mol. The van der Waals surface area contributed by atoms with Crippen molar-refractivity contribution in [2.24, 2.45) is 0 Å². The average molecular weight is 250 g/mol. The van der Waals surface area contributed by atoms with Crippen molar-refractivity contribution in [1.82, 2.24) is 4.98 Å². The molecule has 4 nitrogen and oxygen atoms in total. The van der Waals surface area contributed by atoms with E-state index in [0.717, 1.165) is 37.2 Å². The van der Waals surface area contributed by atoms with Gasteiger partial charge in [-0.1, -0.05) is 18.9 Å². The topological polar surface area (TPSA) is 56.6 Å². The Labute approximate surface area is 108 Å². The molecule has 1 unspecified atom stereocenters. The Bertz CT molecular complexity index is 382. The zero-order chi connectivity index (χ0) is 13.0. The molecule has 0 aromatic carbocycles. The molecule has 0 aliphatic carbocycles. The molecule has 2 rings (SSSR count). The predicted octanol–water partition coefficient (Wildman–Crippen LogP) is 1.88. The fourth-order valence-corrected chi connectivity index (χ4v) is 2.62. The van der Waals surface area contributed by atoms with Crippen LogP contribution >= 0.6 is 0 Å². The Balaban J connectivity index is 2.32. The van der Waals surface area contributed by atoms with E-state index in [1.54, 1.807) is 13.1 Å². The first-order chi connectivity index (χ1) is 8.74. The number of nitrogens with zero attached hydrogens (tertiary/aromatic N) is 2. The van der Waals surface area contributed by atoms with Crippen LogP contribution < -0.4 is 4.90 Å². The van der Waals surface area contributed by atoms with Gasteiger partial charge in [0.1, 0.15) is 5.82 Å². The fourth-order valence-electron chi connectivity index (χ4n) is 2.62. The Morgan fingerprint density at radius 3 is 3.00 bits per heavy atom. The third-order valence-corrected chi connectivity index (χ3v) is 3.63. The van der Waals surface area contributed by atoms with Crippen LogP contribution in [-0.2, 0) is 0 Å². The van der Waals surface area contributed by atoms with Crippen LogP contribution in [0, 0.1) is 0 Å². The molecule has 4 heteroatoms. The molecule has 18 heavy (non-hydrogen) atoms. The van der Waals surface area contributed by atoms with Crippen molar-refractivity contribution < 1.29 is 10.2 Å². The summed E-state index contributed by atoms with van der Waals surface area (Å²) in [6.07, 6.45) is 5.68. The second kappa shape index (κ2) is 6.16. The molecule has 1 aromatic heterocycles. The normalized spacial score (nSPS) is 22.6. The van der Waals surface area contributed by atoms with E-state index in [4.69, 9.17) is 0 Å². The van der Waals surface area contributed by atoms with Crippen LogP contribution in [0.25, 0.3) is 0 Å². The van der Waals surface area contributed by atoms with Crippen LogP contribution in [0.1, 0.15) is 44.3 Å². The molecule has 2 heterocycles. The first-order valence-electron chi connectivity index (χ1n) is 6.74. The third kappa shape index (κ3) is 2.82. The van der Waals surface area contributed by atoms with Crippen molar-refractivity contribution in [2.45, 2.75) is 44.8 Å². The van der Waals surface area contributed by atoms with Crippen LogP contribution in [0.4, 0.5) is 5.82 Å².